The monoisotopic (exact) mass is 323 g/mol. The summed E-state index contributed by atoms with van der Waals surface area (Å²) in [6.07, 6.45) is 0. The van der Waals surface area contributed by atoms with Crippen molar-refractivity contribution in [2.45, 2.75) is 13.0 Å². The Morgan fingerprint density at radius 3 is 2.33 bits per heavy atom. The van der Waals surface area contributed by atoms with Crippen molar-refractivity contribution in [3.05, 3.63) is 52.0 Å². The first kappa shape index (κ1) is 14.4. The van der Waals surface area contributed by atoms with E-state index in [-0.39, 0.29) is 6.04 Å². The van der Waals surface area contributed by atoms with Crippen molar-refractivity contribution in [1.29, 1.82) is 0 Å². The Balaban J connectivity index is 1.80. The fraction of sp³-hybridized carbons (Fsp3) is 0.250. The molecule has 1 aliphatic heterocycles. The molecule has 110 valence electrons. The highest BCUT2D eigenvalue weighted by atomic mass is 35.5. The highest BCUT2D eigenvalue weighted by molar-refractivity contribution is 6.35. The minimum Gasteiger partial charge on any atom is -0.486 e. The zero-order chi connectivity index (χ0) is 14.8. The first-order valence-electron chi connectivity index (χ1n) is 6.74. The number of hydrogen-bond donors (Lipinski definition) is 1. The molecule has 1 heterocycles. The van der Waals surface area contributed by atoms with Crippen LogP contribution in [0.2, 0.25) is 10.0 Å². The third-order valence-corrected chi connectivity index (χ3v) is 3.75. The van der Waals surface area contributed by atoms with Crippen LogP contribution >= 0.6 is 23.2 Å². The molecule has 1 aliphatic rings. The van der Waals surface area contributed by atoms with Gasteiger partial charge < -0.3 is 14.8 Å². The summed E-state index contributed by atoms with van der Waals surface area (Å²) in [6, 6.07) is 11.5. The van der Waals surface area contributed by atoms with E-state index in [0.717, 1.165) is 22.7 Å². The Labute approximate surface area is 133 Å². The molecule has 3 rings (SSSR count). The van der Waals surface area contributed by atoms with Crippen molar-refractivity contribution < 1.29 is 9.47 Å². The smallest absolute Gasteiger partial charge is 0.161 e. The van der Waals surface area contributed by atoms with Crippen molar-refractivity contribution in [1.82, 2.24) is 0 Å². The van der Waals surface area contributed by atoms with Crippen molar-refractivity contribution in [2.24, 2.45) is 0 Å². The van der Waals surface area contributed by atoms with E-state index < -0.39 is 0 Å². The van der Waals surface area contributed by atoms with Gasteiger partial charge in [0.2, 0.25) is 0 Å². The van der Waals surface area contributed by atoms with Crippen molar-refractivity contribution in [3.8, 4) is 11.5 Å². The number of hydrogen-bond acceptors (Lipinski definition) is 3. The van der Waals surface area contributed by atoms with Gasteiger partial charge >= 0.3 is 0 Å². The number of ether oxygens (including phenoxy) is 2. The van der Waals surface area contributed by atoms with E-state index in [2.05, 4.69) is 12.2 Å². The zero-order valence-electron chi connectivity index (χ0n) is 11.5. The summed E-state index contributed by atoms with van der Waals surface area (Å²) in [6.45, 7) is 3.25. The van der Waals surface area contributed by atoms with Crippen LogP contribution < -0.4 is 14.8 Å². The van der Waals surface area contributed by atoms with Gasteiger partial charge in [-0.15, -0.1) is 0 Å². The van der Waals surface area contributed by atoms with Crippen LogP contribution in [0.4, 0.5) is 5.69 Å². The van der Waals surface area contributed by atoms with Crippen molar-refractivity contribution in [3.63, 3.8) is 0 Å². The quantitative estimate of drug-likeness (QED) is 0.868. The van der Waals surface area contributed by atoms with Gasteiger partial charge in [-0.05, 0) is 42.8 Å². The van der Waals surface area contributed by atoms with E-state index in [1.165, 1.54) is 0 Å². The largest absolute Gasteiger partial charge is 0.486 e. The molecule has 1 atom stereocenters. The molecular formula is C16H15Cl2NO2. The molecule has 0 fully saturated rings. The first-order valence-corrected chi connectivity index (χ1v) is 7.49. The summed E-state index contributed by atoms with van der Waals surface area (Å²) < 4.78 is 11.1. The average Bonchev–Trinajstić information content (AvgIpc) is 2.45. The van der Waals surface area contributed by atoms with Gasteiger partial charge in [0.25, 0.3) is 0 Å². The summed E-state index contributed by atoms with van der Waals surface area (Å²) in [5, 5.41) is 4.60. The van der Waals surface area contributed by atoms with Gasteiger partial charge in [-0.3, -0.25) is 0 Å². The molecule has 0 saturated carbocycles. The van der Waals surface area contributed by atoms with Gasteiger partial charge in [-0.2, -0.15) is 0 Å². The van der Waals surface area contributed by atoms with Gasteiger partial charge in [0.05, 0.1) is 0 Å². The SMILES string of the molecule is CC(Nc1cc(Cl)cc(Cl)c1)c1ccc2c(c1)OCCO2. The van der Waals surface area contributed by atoms with Gasteiger partial charge in [0, 0.05) is 21.8 Å². The van der Waals surface area contributed by atoms with Crippen LogP contribution in [0.15, 0.2) is 36.4 Å². The van der Waals surface area contributed by atoms with Crippen LogP contribution in [0.1, 0.15) is 18.5 Å². The molecule has 0 saturated heterocycles. The zero-order valence-corrected chi connectivity index (χ0v) is 13.0. The molecule has 0 bridgehead atoms. The summed E-state index contributed by atoms with van der Waals surface area (Å²) in [5.74, 6) is 1.58. The lowest BCUT2D eigenvalue weighted by Gasteiger charge is -2.21. The molecule has 21 heavy (non-hydrogen) atoms. The van der Waals surface area contributed by atoms with E-state index in [1.54, 1.807) is 6.07 Å². The second kappa shape index (κ2) is 6.04. The van der Waals surface area contributed by atoms with Gasteiger partial charge in [0.15, 0.2) is 11.5 Å². The van der Waals surface area contributed by atoms with Crippen LogP contribution in [0.3, 0.4) is 0 Å². The Hall–Kier alpha value is -1.58. The fourth-order valence-electron chi connectivity index (χ4n) is 2.30. The molecule has 0 spiro atoms. The minimum atomic E-state index is 0.0929. The number of rotatable bonds is 3. The molecule has 2 aromatic rings. The standard InChI is InChI=1S/C16H15Cl2NO2/c1-10(19-14-8-12(17)7-13(18)9-14)11-2-3-15-16(6-11)21-5-4-20-15/h2-3,6-10,19H,4-5H2,1H3. The topological polar surface area (TPSA) is 30.5 Å². The van der Waals surface area contributed by atoms with E-state index in [0.29, 0.717) is 23.3 Å². The lowest BCUT2D eigenvalue weighted by atomic mass is 10.1. The molecule has 3 nitrogen and oxygen atoms in total. The third-order valence-electron chi connectivity index (χ3n) is 3.31. The number of halogens is 2. The van der Waals surface area contributed by atoms with Gasteiger partial charge in [0.1, 0.15) is 13.2 Å². The predicted octanol–water partition coefficient (Wildman–Crippen LogP) is 4.94. The summed E-state index contributed by atoms with van der Waals surface area (Å²) >= 11 is 12.0. The maximum Gasteiger partial charge on any atom is 0.161 e. The van der Waals surface area contributed by atoms with E-state index in [9.17, 15) is 0 Å². The molecule has 0 radical (unpaired) electrons. The molecular weight excluding hydrogens is 309 g/mol. The molecule has 0 amide bonds. The number of nitrogens with one attached hydrogen (secondary N) is 1. The number of benzene rings is 2. The number of fused-ring (bicyclic) bond motifs is 1. The fourth-order valence-corrected chi connectivity index (χ4v) is 2.83. The predicted molar refractivity (Wildman–Crippen MR) is 85.9 cm³/mol. The van der Waals surface area contributed by atoms with E-state index >= 15 is 0 Å². The van der Waals surface area contributed by atoms with Crippen molar-refractivity contribution in [2.75, 3.05) is 18.5 Å². The Kier molecular flexibility index (Phi) is 4.13. The van der Waals surface area contributed by atoms with Crippen LogP contribution in [-0.2, 0) is 0 Å². The summed E-state index contributed by atoms with van der Waals surface area (Å²) in [4.78, 5) is 0. The third kappa shape index (κ3) is 3.36. The molecule has 0 aromatic heterocycles. The van der Waals surface area contributed by atoms with Crippen LogP contribution in [-0.4, -0.2) is 13.2 Å². The Morgan fingerprint density at radius 2 is 1.62 bits per heavy atom. The van der Waals surface area contributed by atoms with Gasteiger partial charge in [-0.25, -0.2) is 0 Å². The van der Waals surface area contributed by atoms with Crippen LogP contribution in [0, 0.1) is 0 Å². The molecule has 5 heteroatoms. The normalized spacial score (nSPS) is 14.6. The van der Waals surface area contributed by atoms with Gasteiger partial charge in [-0.1, -0.05) is 29.3 Å². The molecule has 1 N–H and O–H groups in total. The maximum atomic E-state index is 6.01. The van der Waals surface area contributed by atoms with Crippen molar-refractivity contribution >= 4 is 28.9 Å². The van der Waals surface area contributed by atoms with E-state index in [4.69, 9.17) is 32.7 Å². The highest BCUT2D eigenvalue weighted by Gasteiger charge is 2.14. The lowest BCUT2D eigenvalue weighted by molar-refractivity contribution is 0.171. The van der Waals surface area contributed by atoms with Crippen LogP contribution in [0.25, 0.3) is 0 Å². The molecule has 1 unspecified atom stereocenters. The Bertz CT molecular complexity index is 640. The molecule has 2 aromatic carbocycles. The van der Waals surface area contributed by atoms with Crippen LogP contribution in [0.5, 0.6) is 11.5 Å². The second-order valence-corrected chi connectivity index (χ2v) is 5.80. The minimum absolute atomic E-state index is 0.0929. The highest BCUT2D eigenvalue weighted by Crippen LogP contribution is 2.34. The Morgan fingerprint density at radius 1 is 0.952 bits per heavy atom. The second-order valence-electron chi connectivity index (χ2n) is 4.93. The summed E-state index contributed by atoms with van der Waals surface area (Å²) in [5.41, 5.74) is 1.99. The lowest BCUT2D eigenvalue weighted by Crippen LogP contribution is -2.16. The first-order chi connectivity index (χ1) is 10.1. The number of anilines is 1. The average molecular weight is 324 g/mol. The maximum absolute atomic E-state index is 6.01. The summed E-state index contributed by atoms with van der Waals surface area (Å²) in [7, 11) is 0. The van der Waals surface area contributed by atoms with E-state index in [1.807, 2.05) is 30.3 Å². The molecule has 0 aliphatic carbocycles.